The second-order valence-electron chi connectivity index (χ2n) is 4.36. The zero-order valence-electron chi connectivity index (χ0n) is 18.9. The summed E-state index contributed by atoms with van der Waals surface area (Å²) in [6, 6.07) is 10.1. The summed E-state index contributed by atoms with van der Waals surface area (Å²) in [4.78, 5) is 7.39. The molecule has 1 heterocycles. The van der Waals surface area contributed by atoms with Crippen molar-refractivity contribution in [2.75, 3.05) is 0 Å². The first-order chi connectivity index (χ1) is 13.4. The highest BCUT2D eigenvalue weighted by Crippen LogP contribution is 2.27. The van der Waals surface area contributed by atoms with Crippen LogP contribution in [0.15, 0.2) is 54.8 Å². The van der Waals surface area contributed by atoms with Crippen LogP contribution in [0.4, 0.5) is 5.69 Å². The third-order valence-corrected chi connectivity index (χ3v) is 3.03. The lowest BCUT2D eigenvalue weighted by Crippen LogP contribution is -2.01. The molecular weight excluding hydrogens is 258 g/mol. The van der Waals surface area contributed by atoms with Crippen LogP contribution < -0.4 is 0 Å². The molecule has 0 saturated heterocycles. The lowest BCUT2D eigenvalue weighted by Gasteiger charge is -2.14. The Hall–Kier alpha value is -2.86. The Labute approximate surface area is 135 Å². The maximum Gasteiger partial charge on any atom is 0.187 e. The predicted octanol–water partition coefficient (Wildman–Crippen LogP) is 4.71. The van der Waals surface area contributed by atoms with Gasteiger partial charge in [-0.15, -0.1) is 0 Å². The van der Waals surface area contributed by atoms with Gasteiger partial charge in [-0.25, -0.2) is 9.83 Å². The average molecular weight is 281 g/mol. The first-order valence-electron chi connectivity index (χ1n) is 10.1. The van der Waals surface area contributed by atoms with Gasteiger partial charge in [-0.3, -0.25) is 4.57 Å². The Kier molecular flexibility index (Phi) is 1.69. The largest absolute Gasteiger partial charge is 0.299 e. The van der Waals surface area contributed by atoms with Crippen molar-refractivity contribution in [2.45, 2.75) is 13.7 Å². The van der Waals surface area contributed by atoms with Crippen molar-refractivity contribution in [3.05, 3.63) is 77.4 Å². The van der Waals surface area contributed by atoms with Gasteiger partial charge >= 0.3 is 0 Å². The molecule has 0 aliphatic carbocycles. The van der Waals surface area contributed by atoms with Crippen LogP contribution in [0.5, 0.6) is 0 Å². The highest BCUT2D eigenvalue weighted by Gasteiger charge is 2.11. The van der Waals surface area contributed by atoms with Gasteiger partial charge in [0.25, 0.3) is 0 Å². The number of nitrogens with zero attached hydrogens (tertiary/aromatic N) is 3. The van der Waals surface area contributed by atoms with Crippen molar-refractivity contribution in [3.8, 4) is 17.1 Å². The molecule has 2 aromatic carbocycles. The minimum atomic E-state index is -2.66. The molecule has 0 fully saturated rings. The van der Waals surface area contributed by atoms with E-state index >= 15 is 0 Å². The smallest absolute Gasteiger partial charge is 0.187 e. The maximum atomic E-state index is 8.29. The lowest BCUT2D eigenvalue weighted by molar-refractivity contribution is 1.03. The first kappa shape index (κ1) is 6.73. The fraction of sp³-hybridized carbons (Fsp3) is 0.111. The maximum absolute atomic E-state index is 8.29. The number of benzene rings is 2. The monoisotopic (exact) mass is 281 g/mol. The molecule has 3 aromatic rings. The Morgan fingerprint density at radius 1 is 1.19 bits per heavy atom. The van der Waals surface area contributed by atoms with Crippen LogP contribution in [-0.2, 0) is 0 Å². The third kappa shape index (κ3) is 2.32. The Bertz CT molecular complexity index is 1090. The van der Waals surface area contributed by atoms with Gasteiger partial charge in [0.15, 0.2) is 5.69 Å². The van der Waals surface area contributed by atoms with E-state index in [2.05, 4.69) is 9.83 Å². The highest BCUT2D eigenvalue weighted by molar-refractivity contribution is 5.66. The van der Waals surface area contributed by atoms with Crippen LogP contribution >= 0.6 is 0 Å². The van der Waals surface area contributed by atoms with Crippen LogP contribution in [0.1, 0.15) is 22.1 Å². The number of para-hydroxylation sites is 1. The fourth-order valence-corrected chi connectivity index (χ4v) is 2.09. The SMILES string of the molecule is [2H]c1nc(-c2cccc([N+]#[C-])c2)n(-c2c(C([2H])([2H])[2H])cccc2C([2H])([2H])[2H])c1[2H]. The molecule has 0 atom stereocenters. The van der Waals surface area contributed by atoms with Crippen LogP contribution in [0, 0.1) is 20.3 Å². The van der Waals surface area contributed by atoms with Gasteiger partial charge in [-0.2, -0.15) is 0 Å². The van der Waals surface area contributed by atoms with E-state index in [1.54, 1.807) is 18.2 Å². The fourth-order valence-electron chi connectivity index (χ4n) is 2.09. The van der Waals surface area contributed by atoms with Crippen LogP contribution in [0.25, 0.3) is 21.9 Å². The van der Waals surface area contributed by atoms with Crippen LogP contribution in [-0.4, -0.2) is 9.55 Å². The average Bonchev–Trinajstić information content (AvgIpc) is 2.94. The second kappa shape index (κ2) is 5.26. The Balaban J connectivity index is 2.46. The first-order valence-corrected chi connectivity index (χ1v) is 6.13. The molecule has 0 saturated carbocycles. The van der Waals surface area contributed by atoms with Crippen molar-refractivity contribution in [2.24, 2.45) is 0 Å². The van der Waals surface area contributed by atoms with Gasteiger partial charge in [0.1, 0.15) is 5.82 Å². The van der Waals surface area contributed by atoms with Crippen molar-refractivity contribution in [3.63, 3.8) is 0 Å². The van der Waals surface area contributed by atoms with Gasteiger partial charge in [0.05, 0.1) is 15.0 Å². The minimum absolute atomic E-state index is 0.0210. The van der Waals surface area contributed by atoms with E-state index in [1.165, 1.54) is 24.3 Å². The number of aryl methyl sites for hydroxylation is 2. The Morgan fingerprint density at radius 2 is 1.95 bits per heavy atom. The van der Waals surface area contributed by atoms with E-state index in [0.29, 0.717) is 5.56 Å². The van der Waals surface area contributed by atoms with Crippen molar-refractivity contribution in [1.82, 2.24) is 9.55 Å². The summed E-state index contributed by atoms with van der Waals surface area (Å²) in [5.41, 5.74) is -0.0940. The normalized spacial score (nSPS) is 17.1. The van der Waals surface area contributed by atoms with E-state index in [9.17, 15) is 0 Å². The van der Waals surface area contributed by atoms with E-state index in [4.69, 9.17) is 17.5 Å². The lowest BCUT2D eigenvalue weighted by atomic mass is 10.1. The number of hydrogen-bond donors (Lipinski definition) is 0. The molecule has 102 valence electrons. The number of imidazole rings is 1. The summed E-state index contributed by atoms with van der Waals surface area (Å²) in [6.07, 6.45) is -0.888. The standard InChI is InChI=1S/C18H15N3/c1-13-6-4-7-14(2)17(13)21-11-10-20-18(21)15-8-5-9-16(12-15)19-3/h4-12H,1-2H3/i1D3,2D3,10D,11D. The third-order valence-electron chi connectivity index (χ3n) is 3.03. The van der Waals surface area contributed by atoms with Crippen molar-refractivity contribution in [1.29, 1.82) is 0 Å². The molecule has 3 heteroatoms. The zero-order chi connectivity index (χ0) is 21.6. The summed E-state index contributed by atoms with van der Waals surface area (Å²) in [5.74, 6) is 0.0210. The van der Waals surface area contributed by atoms with Gasteiger partial charge in [0.2, 0.25) is 0 Å². The summed E-state index contributed by atoms with van der Waals surface area (Å²) in [6.45, 7) is 1.85. The van der Waals surface area contributed by atoms with Crippen molar-refractivity contribution < 1.29 is 11.0 Å². The molecule has 0 aliphatic rings. The molecule has 0 aliphatic heterocycles. The topological polar surface area (TPSA) is 22.2 Å². The number of aromatic nitrogens is 2. The van der Waals surface area contributed by atoms with Crippen LogP contribution in [0.3, 0.4) is 0 Å². The molecule has 0 spiro atoms. The molecular formula is C18H15N3. The second-order valence-corrected chi connectivity index (χ2v) is 4.36. The predicted molar refractivity (Wildman–Crippen MR) is 84.7 cm³/mol. The summed E-state index contributed by atoms with van der Waals surface area (Å²) in [5, 5.41) is 0. The number of hydrogen-bond acceptors (Lipinski definition) is 1. The molecule has 0 radical (unpaired) electrons. The summed E-state index contributed by atoms with van der Waals surface area (Å²) >= 11 is 0. The summed E-state index contributed by atoms with van der Waals surface area (Å²) in [7, 11) is 0. The van der Waals surface area contributed by atoms with E-state index in [1.807, 2.05) is 0 Å². The molecule has 3 nitrogen and oxygen atoms in total. The van der Waals surface area contributed by atoms with Gasteiger partial charge in [-0.1, -0.05) is 36.4 Å². The van der Waals surface area contributed by atoms with Gasteiger partial charge in [0, 0.05) is 26.1 Å². The molecule has 3 rings (SSSR count). The molecule has 0 amide bonds. The van der Waals surface area contributed by atoms with Gasteiger partial charge < -0.3 is 0 Å². The quantitative estimate of drug-likeness (QED) is 0.624. The molecule has 0 bridgehead atoms. The molecule has 0 unspecified atom stereocenters. The molecule has 21 heavy (non-hydrogen) atoms. The number of rotatable bonds is 2. The minimum Gasteiger partial charge on any atom is -0.299 e. The summed E-state index contributed by atoms with van der Waals surface area (Å²) < 4.78 is 64.4. The van der Waals surface area contributed by atoms with Gasteiger partial charge in [-0.05, 0) is 30.9 Å². The highest BCUT2D eigenvalue weighted by atomic mass is 15.1. The van der Waals surface area contributed by atoms with E-state index in [-0.39, 0.29) is 28.3 Å². The van der Waals surface area contributed by atoms with E-state index in [0.717, 1.165) is 4.57 Å². The van der Waals surface area contributed by atoms with Crippen LogP contribution in [0.2, 0.25) is 0 Å². The van der Waals surface area contributed by atoms with Crippen molar-refractivity contribution >= 4 is 5.69 Å². The van der Waals surface area contributed by atoms with E-state index < -0.39 is 26.0 Å². The molecule has 1 aromatic heterocycles. The molecule has 0 N–H and O–H groups in total. The zero-order valence-corrected chi connectivity index (χ0v) is 10.9. The Morgan fingerprint density at radius 3 is 2.67 bits per heavy atom.